The first kappa shape index (κ1) is 31.4. The molecule has 0 aliphatic heterocycles. The molecule has 0 saturated heterocycles. The fraction of sp³-hybridized carbons (Fsp3) is 0.135. The van der Waals surface area contributed by atoms with Gasteiger partial charge in [-0.1, -0.05) is 112 Å². The second-order valence-corrected chi connectivity index (χ2v) is 11.8. The molecule has 0 saturated carbocycles. The Labute approximate surface area is 263 Å². The SMILES string of the molecule is C=Cc1ccc(Cc2cc(Oc3ccc4ccccc4c3)nc(Oc3ccc4ccccc4c3)n2)cc1S(=O)(=O)O.CCCC. The van der Waals surface area contributed by atoms with Gasteiger partial charge in [-0.05, 0) is 63.0 Å². The van der Waals surface area contributed by atoms with Crippen molar-refractivity contribution in [2.75, 3.05) is 0 Å². The predicted octanol–water partition coefficient (Wildman–Crippen LogP) is 9.65. The van der Waals surface area contributed by atoms with Crippen LogP contribution in [-0.2, 0) is 16.5 Å². The molecule has 7 nitrogen and oxygen atoms in total. The van der Waals surface area contributed by atoms with Gasteiger partial charge >= 0.3 is 6.01 Å². The molecular formula is C37H34N2O5S. The molecule has 0 unspecified atom stereocenters. The third-order valence-corrected chi connectivity index (χ3v) is 7.98. The topological polar surface area (TPSA) is 98.6 Å². The van der Waals surface area contributed by atoms with Crippen molar-refractivity contribution in [3.05, 3.63) is 133 Å². The summed E-state index contributed by atoms with van der Waals surface area (Å²) in [6.07, 6.45) is 4.24. The van der Waals surface area contributed by atoms with Gasteiger partial charge in [0.25, 0.3) is 10.1 Å². The molecule has 1 heterocycles. The van der Waals surface area contributed by atoms with E-state index in [9.17, 15) is 13.0 Å². The maximum Gasteiger partial charge on any atom is 0.325 e. The van der Waals surface area contributed by atoms with Crippen molar-refractivity contribution in [2.45, 2.75) is 38.0 Å². The summed E-state index contributed by atoms with van der Waals surface area (Å²) in [5.74, 6) is 1.41. The van der Waals surface area contributed by atoms with Crippen molar-refractivity contribution in [3.63, 3.8) is 0 Å². The number of rotatable bonds is 9. The lowest BCUT2D eigenvalue weighted by molar-refractivity contribution is 0.410. The van der Waals surface area contributed by atoms with Gasteiger partial charge in [0, 0.05) is 12.5 Å². The van der Waals surface area contributed by atoms with E-state index in [1.165, 1.54) is 25.0 Å². The molecule has 45 heavy (non-hydrogen) atoms. The highest BCUT2D eigenvalue weighted by Crippen LogP contribution is 2.30. The highest BCUT2D eigenvalue weighted by Gasteiger charge is 2.16. The van der Waals surface area contributed by atoms with E-state index >= 15 is 0 Å². The minimum atomic E-state index is -4.45. The molecule has 6 aromatic rings. The Bertz CT molecular complexity index is 1970. The Morgan fingerprint density at radius 2 is 1.29 bits per heavy atom. The van der Waals surface area contributed by atoms with E-state index < -0.39 is 10.1 Å². The number of hydrogen-bond acceptors (Lipinski definition) is 6. The molecule has 228 valence electrons. The van der Waals surface area contributed by atoms with Gasteiger partial charge in [0.2, 0.25) is 5.88 Å². The van der Waals surface area contributed by atoms with Crippen LogP contribution in [0.5, 0.6) is 23.4 Å². The average molecular weight is 619 g/mol. The molecule has 1 aromatic heterocycles. The van der Waals surface area contributed by atoms with Crippen LogP contribution in [0, 0.1) is 0 Å². The van der Waals surface area contributed by atoms with Crippen molar-refractivity contribution >= 4 is 37.7 Å². The van der Waals surface area contributed by atoms with Crippen LogP contribution >= 0.6 is 0 Å². The Kier molecular flexibility index (Phi) is 9.87. The van der Waals surface area contributed by atoms with Crippen LogP contribution in [0.1, 0.15) is 43.5 Å². The van der Waals surface area contributed by atoms with Crippen LogP contribution in [-0.4, -0.2) is 22.9 Å². The van der Waals surface area contributed by atoms with Crippen LogP contribution in [0.2, 0.25) is 0 Å². The first-order valence-corrected chi connectivity index (χ1v) is 16.1. The third kappa shape index (κ3) is 8.12. The van der Waals surface area contributed by atoms with Gasteiger partial charge in [0.15, 0.2) is 0 Å². The molecule has 0 amide bonds. The molecule has 5 aromatic carbocycles. The molecule has 0 radical (unpaired) electrons. The second kappa shape index (κ2) is 14.2. The predicted molar refractivity (Wildman–Crippen MR) is 180 cm³/mol. The van der Waals surface area contributed by atoms with E-state index in [0.717, 1.165) is 21.5 Å². The van der Waals surface area contributed by atoms with Crippen LogP contribution in [0.3, 0.4) is 0 Å². The number of nitrogens with zero attached hydrogens (tertiary/aromatic N) is 2. The summed E-state index contributed by atoms with van der Waals surface area (Å²) in [4.78, 5) is 8.87. The van der Waals surface area contributed by atoms with E-state index in [1.807, 2.05) is 84.9 Å². The molecule has 0 atom stereocenters. The number of hydrogen-bond donors (Lipinski definition) is 1. The summed E-state index contributed by atoms with van der Waals surface area (Å²) < 4.78 is 45.9. The molecule has 1 N–H and O–H groups in total. The van der Waals surface area contributed by atoms with Crippen LogP contribution in [0.4, 0.5) is 0 Å². The molecular weight excluding hydrogens is 584 g/mol. The molecule has 8 heteroatoms. The van der Waals surface area contributed by atoms with E-state index in [-0.39, 0.29) is 23.2 Å². The fourth-order valence-electron chi connectivity index (χ4n) is 4.62. The Morgan fingerprint density at radius 3 is 1.84 bits per heavy atom. The van der Waals surface area contributed by atoms with Gasteiger partial charge in [-0.25, -0.2) is 0 Å². The molecule has 0 fully saturated rings. The molecule has 0 aliphatic rings. The van der Waals surface area contributed by atoms with Gasteiger partial charge in [0.05, 0.1) is 5.69 Å². The van der Waals surface area contributed by atoms with Gasteiger partial charge < -0.3 is 9.47 Å². The normalized spacial score (nSPS) is 11.1. The molecule has 0 aliphatic carbocycles. The monoisotopic (exact) mass is 618 g/mol. The van der Waals surface area contributed by atoms with Crippen LogP contribution in [0.25, 0.3) is 27.6 Å². The van der Waals surface area contributed by atoms with E-state index in [0.29, 0.717) is 28.3 Å². The minimum absolute atomic E-state index is 0.0753. The van der Waals surface area contributed by atoms with Crippen LogP contribution in [0.15, 0.2) is 121 Å². The van der Waals surface area contributed by atoms with Gasteiger partial charge in [0.1, 0.15) is 16.4 Å². The van der Waals surface area contributed by atoms with E-state index in [2.05, 4.69) is 30.4 Å². The zero-order valence-corrected chi connectivity index (χ0v) is 26.0. The Hall–Kier alpha value is -5.05. The van der Waals surface area contributed by atoms with Crippen molar-refractivity contribution < 1.29 is 22.4 Å². The quantitative estimate of drug-likeness (QED) is 0.161. The summed E-state index contributed by atoms with van der Waals surface area (Å²) in [6.45, 7) is 7.99. The number of aromatic nitrogens is 2. The Balaban J connectivity index is 0.000000945. The largest absolute Gasteiger partial charge is 0.439 e. The van der Waals surface area contributed by atoms with E-state index in [1.54, 1.807) is 18.2 Å². The van der Waals surface area contributed by atoms with Crippen LogP contribution < -0.4 is 9.47 Å². The zero-order chi connectivity index (χ0) is 31.8. The van der Waals surface area contributed by atoms with Crippen molar-refractivity contribution in [1.82, 2.24) is 9.97 Å². The van der Waals surface area contributed by atoms with Gasteiger partial charge in [-0.15, -0.1) is 0 Å². The highest BCUT2D eigenvalue weighted by molar-refractivity contribution is 7.86. The number of benzene rings is 5. The van der Waals surface area contributed by atoms with Crippen molar-refractivity contribution in [3.8, 4) is 23.4 Å². The lowest BCUT2D eigenvalue weighted by atomic mass is 10.1. The highest BCUT2D eigenvalue weighted by atomic mass is 32.2. The second-order valence-electron chi connectivity index (χ2n) is 10.4. The number of fused-ring (bicyclic) bond motifs is 2. The smallest absolute Gasteiger partial charge is 0.325 e. The van der Waals surface area contributed by atoms with Crippen molar-refractivity contribution in [2.24, 2.45) is 0 Å². The summed E-state index contributed by atoms with van der Waals surface area (Å²) in [7, 11) is -4.45. The van der Waals surface area contributed by atoms with E-state index in [4.69, 9.17) is 9.47 Å². The molecule has 0 bridgehead atoms. The first-order valence-electron chi connectivity index (χ1n) is 14.7. The van der Waals surface area contributed by atoms with Gasteiger partial charge in [-0.3, -0.25) is 4.55 Å². The summed E-state index contributed by atoms with van der Waals surface area (Å²) in [5.41, 5.74) is 1.44. The zero-order valence-electron chi connectivity index (χ0n) is 25.2. The maximum absolute atomic E-state index is 12.0. The maximum atomic E-state index is 12.0. The minimum Gasteiger partial charge on any atom is -0.439 e. The lowest BCUT2D eigenvalue weighted by Crippen LogP contribution is -2.04. The number of unbranched alkanes of at least 4 members (excludes halogenated alkanes) is 1. The average Bonchev–Trinajstić information content (AvgIpc) is 3.04. The first-order chi connectivity index (χ1) is 21.7. The summed E-state index contributed by atoms with van der Waals surface area (Å²) >= 11 is 0. The standard InChI is InChI=1S/C33H24N2O5S.C4H10/c1-2-23-12-11-22(18-31(23)41(36,37)38)17-28-21-32(39-29-15-13-24-7-3-5-9-26(24)19-29)35-33(34-28)40-30-16-14-25-8-4-6-10-27(25)20-30;1-3-4-2/h2-16,18-21H,1,17H2,(H,36,37,38);3-4H2,1-2H3. The van der Waals surface area contributed by atoms with Gasteiger partial charge in [-0.2, -0.15) is 18.4 Å². The lowest BCUT2D eigenvalue weighted by Gasteiger charge is -2.12. The fourth-order valence-corrected chi connectivity index (χ4v) is 5.37. The Morgan fingerprint density at radius 1 is 0.711 bits per heavy atom. The third-order valence-electron chi connectivity index (χ3n) is 7.07. The molecule has 6 rings (SSSR count). The molecule has 0 spiro atoms. The van der Waals surface area contributed by atoms with Crippen molar-refractivity contribution in [1.29, 1.82) is 0 Å². The number of ether oxygens (including phenoxy) is 2. The summed E-state index contributed by atoms with van der Waals surface area (Å²) in [5, 5.41) is 4.19. The summed E-state index contributed by atoms with van der Waals surface area (Å²) in [6, 6.07) is 33.9.